The van der Waals surface area contributed by atoms with Gasteiger partial charge in [-0.2, -0.15) is 0 Å². The van der Waals surface area contributed by atoms with Crippen molar-refractivity contribution in [3.8, 4) is 11.1 Å². The molecule has 3 rings (SSSR count). The van der Waals surface area contributed by atoms with Crippen LogP contribution in [0.25, 0.3) is 17.2 Å². The normalized spacial score (nSPS) is 11.1. The van der Waals surface area contributed by atoms with Crippen LogP contribution in [0.15, 0.2) is 73.0 Å². The third-order valence-electron chi connectivity index (χ3n) is 4.31. The van der Waals surface area contributed by atoms with Gasteiger partial charge in [-0.3, -0.25) is 0 Å². The van der Waals surface area contributed by atoms with E-state index in [1.165, 1.54) is 28.6 Å². The molecule has 0 bridgehead atoms. The van der Waals surface area contributed by atoms with Gasteiger partial charge in [-0.25, -0.2) is 0 Å². The Hall–Kier alpha value is -2.78. The molecule has 0 amide bonds. The third-order valence-corrected chi connectivity index (χ3v) is 4.31. The number of aromatic nitrogens is 1. The summed E-state index contributed by atoms with van der Waals surface area (Å²) in [5, 5.41) is 8.78. The largest absolute Gasteiger partial charge is 0.475 e. The highest BCUT2D eigenvalue weighted by Gasteiger charge is 2.09. The molecule has 0 fully saturated rings. The maximum absolute atomic E-state index is 8.78. The van der Waals surface area contributed by atoms with Crippen LogP contribution in [0.3, 0.4) is 0 Å². The van der Waals surface area contributed by atoms with Gasteiger partial charge in [-0.15, -0.1) is 0 Å². The molecule has 128 valence electrons. The lowest BCUT2D eigenvalue weighted by Crippen LogP contribution is -2.06. The lowest BCUT2D eigenvalue weighted by atomic mass is 9.99. The van der Waals surface area contributed by atoms with Crippen molar-refractivity contribution < 1.29 is 9.84 Å². The summed E-state index contributed by atoms with van der Waals surface area (Å²) in [5.41, 5.74) is 6.08. The van der Waals surface area contributed by atoms with Gasteiger partial charge in [0, 0.05) is 17.9 Å². The molecule has 0 saturated heterocycles. The summed E-state index contributed by atoms with van der Waals surface area (Å²) in [6.45, 7) is 2.64. The molecule has 3 heteroatoms. The maximum Gasteiger partial charge on any atom is 0.185 e. The van der Waals surface area contributed by atoms with Gasteiger partial charge < -0.3 is 14.4 Å². The van der Waals surface area contributed by atoms with Crippen molar-refractivity contribution in [2.45, 2.75) is 19.9 Å². The van der Waals surface area contributed by atoms with E-state index in [0.29, 0.717) is 0 Å². The van der Waals surface area contributed by atoms with Crippen molar-refractivity contribution in [2.24, 2.45) is 0 Å². The smallest absolute Gasteiger partial charge is 0.185 e. The van der Waals surface area contributed by atoms with Crippen LogP contribution in [-0.2, 0) is 17.7 Å². The Kier molecular flexibility index (Phi) is 5.70. The summed E-state index contributed by atoms with van der Waals surface area (Å²) < 4.78 is 7.23. The highest BCUT2D eigenvalue weighted by Crippen LogP contribution is 2.25. The second-order valence-electron chi connectivity index (χ2n) is 5.81. The Bertz CT molecular complexity index is 834. The van der Waals surface area contributed by atoms with E-state index in [1.807, 2.05) is 12.1 Å². The summed E-state index contributed by atoms with van der Waals surface area (Å²) in [4.78, 5) is 0. The molecule has 25 heavy (non-hydrogen) atoms. The first kappa shape index (κ1) is 17.1. The Morgan fingerprint density at radius 2 is 1.72 bits per heavy atom. The summed E-state index contributed by atoms with van der Waals surface area (Å²) in [6, 6.07) is 23.2. The molecule has 0 radical (unpaired) electrons. The van der Waals surface area contributed by atoms with Gasteiger partial charge in [0.15, 0.2) is 6.79 Å². The lowest BCUT2D eigenvalue weighted by Gasteiger charge is -2.15. The van der Waals surface area contributed by atoms with Gasteiger partial charge in [0.25, 0.3) is 0 Å². The number of hydrogen-bond acceptors (Lipinski definition) is 2. The van der Waals surface area contributed by atoms with Crippen LogP contribution in [0, 0.1) is 0 Å². The molecule has 3 aromatic rings. The Morgan fingerprint density at radius 1 is 0.960 bits per heavy atom. The first-order chi connectivity index (χ1) is 12.3. The molecule has 0 saturated carbocycles. The zero-order valence-corrected chi connectivity index (χ0v) is 14.4. The second-order valence-corrected chi connectivity index (χ2v) is 5.81. The SMILES string of the molecule is CCc1ccc(/C=C/OCO)n1Cc1ccccc1-c1ccccc1. The van der Waals surface area contributed by atoms with Crippen molar-refractivity contribution >= 4 is 6.08 Å². The van der Waals surface area contributed by atoms with E-state index in [2.05, 4.69) is 72.2 Å². The van der Waals surface area contributed by atoms with Gasteiger partial charge in [0.05, 0.1) is 6.26 Å². The topological polar surface area (TPSA) is 34.4 Å². The quantitative estimate of drug-likeness (QED) is 0.502. The monoisotopic (exact) mass is 333 g/mol. The predicted octanol–water partition coefficient (Wildman–Crippen LogP) is 4.70. The number of aryl methyl sites for hydroxylation is 1. The van der Waals surface area contributed by atoms with Crippen molar-refractivity contribution in [2.75, 3.05) is 6.79 Å². The number of benzene rings is 2. The molecule has 1 aromatic heterocycles. The second kappa shape index (κ2) is 8.36. The highest BCUT2D eigenvalue weighted by molar-refractivity contribution is 5.67. The molecule has 2 aromatic carbocycles. The van der Waals surface area contributed by atoms with Crippen LogP contribution in [0.1, 0.15) is 23.9 Å². The fraction of sp³-hybridized carbons (Fsp3) is 0.182. The minimum atomic E-state index is -0.311. The Morgan fingerprint density at radius 3 is 2.48 bits per heavy atom. The average molecular weight is 333 g/mol. The van der Waals surface area contributed by atoms with Crippen molar-refractivity contribution in [3.63, 3.8) is 0 Å². The van der Waals surface area contributed by atoms with E-state index < -0.39 is 0 Å². The van der Waals surface area contributed by atoms with Gasteiger partial charge in [-0.05, 0) is 41.3 Å². The molecule has 3 nitrogen and oxygen atoms in total. The minimum Gasteiger partial charge on any atom is -0.475 e. The van der Waals surface area contributed by atoms with Gasteiger partial charge in [0.2, 0.25) is 0 Å². The third kappa shape index (κ3) is 4.01. The van der Waals surface area contributed by atoms with Crippen LogP contribution >= 0.6 is 0 Å². The number of nitrogens with zero attached hydrogens (tertiary/aromatic N) is 1. The number of hydrogen-bond donors (Lipinski definition) is 1. The predicted molar refractivity (Wildman–Crippen MR) is 102 cm³/mol. The Balaban J connectivity index is 1.97. The molecule has 0 unspecified atom stereocenters. The van der Waals surface area contributed by atoms with E-state index in [-0.39, 0.29) is 6.79 Å². The summed E-state index contributed by atoms with van der Waals surface area (Å²) >= 11 is 0. The zero-order valence-electron chi connectivity index (χ0n) is 14.4. The van der Waals surface area contributed by atoms with Crippen LogP contribution < -0.4 is 0 Å². The van der Waals surface area contributed by atoms with Crippen LogP contribution in [0.5, 0.6) is 0 Å². The fourth-order valence-electron chi connectivity index (χ4n) is 3.06. The molecule has 0 aliphatic rings. The average Bonchev–Trinajstić information content (AvgIpc) is 3.05. The first-order valence-electron chi connectivity index (χ1n) is 8.54. The molecule has 1 heterocycles. The molecule has 1 N–H and O–H groups in total. The van der Waals surface area contributed by atoms with Crippen molar-refractivity contribution in [1.29, 1.82) is 0 Å². The molecule has 0 atom stereocenters. The van der Waals surface area contributed by atoms with E-state index in [9.17, 15) is 0 Å². The van der Waals surface area contributed by atoms with E-state index in [4.69, 9.17) is 9.84 Å². The molecular weight excluding hydrogens is 310 g/mol. The standard InChI is InChI=1S/C22H23NO2/c1-2-20-12-13-21(14-15-25-17-24)23(20)16-19-10-6-7-11-22(19)18-8-4-3-5-9-18/h3-15,24H,2,16-17H2,1H3/b15-14+. The number of aliphatic hydroxyl groups excluding tert-OH is 1. The number of ether oxygens (including phenoxy) is 1. The fourth-order valence-corrected chi connectivity index (χ4v) is 3.06. The number of rotatable bonds is 7. The molecule has 0 spiro atoms. The molecule has 0 aliphatic carbocycles. The van der Waals surface area contributed by atoms with Crippen molar-refractivity contribution in [3.05, 3.63) is 89.9 Å². The van der Waals surface area contributed by atoms with Crippen molar-refractivity contribution in [1.82, 2.24) is 4.57 Å². The zero-order chi connectivity index (χ0) is 17.5. The summed E-state index contributed by atoms with van der Waals surface area (Å²) in [6.07, 6.45) is 4.39. The summed E-state index contributed by atoms with van der Waals surface area (Å²) in [7, 11) is 0. The molecule has 0 aliphatic heterocycles. The maximum atomic E-state index is 8.78. The van der Waals surface area contributed by atoms with E-state index in [0.717, 1.165) is 18.7 Å². The van der Waals surface area contributed by atoms with Gasteiger partial charge in [-0.1, -0.05) is 61.5 Å². The minimum absolute atomic E-state index is 0.311. The number of aliphatic hydroxyl groups is 1. The van der Waals surface area contributed by atoms with Gasteiger partial charge in [0.1, 0.15) is 0 Å². The first-order valence-corrected chi connectivity index (χ1v) is 8.54. The van der Waals surface area contributed by atoms with Crippen LogP contribution in [-0.4, -0.2) is 16.5 Å². The lowest BCUT2D eigenvalue weighted by molar-refractivity contribution is 0.0613. The van der Waals surface area contributed by atoms with Gasteiger partial charge >= 0.3 is 0 Å². The van der Waals surface area contributed by atoms with E-state index >= 15 is 0 Å². The summed E-state index contributed by atoms with van der Waals surface area (Å²) in [5.74, 6) is 0. The van der Waals surface area contributed by atoms with Crippen LogP contribution in [0.4, 0.5) is 0 Å². The van der Waals surface area contributed by atoms with E-state index in [1.54, 1.807) is 0 Å². The van der Waals surface area contributed by atoms with Crippen LogP contribution in [0.2, 0.25) is 0 Å². The Labute approximate surface area is 148 Å². The highest BCUT2D eigenvalue weighted by atomic mass is 16.6. The molecular formula is C22H23NO2.